The molecule has 7 nitrogen and oxygen atoms in total. The average Bonchev–Trinajstić information content (AvgIpc) is 3.59. The van der Waals surface area contributed by atoms with Gasteiger partial charge < -0.3 is 29.0 Å². The third-order valence-electron chi connectivity index (χ3n) is 6.85. The highest BCUT2D eigenvalue weighted by Gasteiger charge is 2.42. The molecule has 0 saturated carbocycles. The molecule has 0 amide bonds. The first kappa shape index (κ1) is 22.4. The van der Waals surface area contributed by atoms with Gasteiger partial charge in [0, 0.05) is 35.0 Å². The fraction of sp³-hybridized carbons (Fsp3) is 0.214. The second kappa shape index (κ2) is 8.87. The van der Waals surface area contributed by atoms with Gasteiger partial charge in [0.25, 0.3) is 0 Å². The number of aromatic nitrogens is 2. The molecule has 6 rings (SSSR count). The molecule has 1 saturated heterocycles. The van der Waals surface area contributed by atoms with Gasteiger partial charge in [-0.2, -0.15) is 0 Å². The van der Waals surface area contributed by atoms with Gasteiger partial charge in [0.1, 0.15) is 5.75 Å². The van der Waals surface area contributed by atoms with Crippen LogP contribution in [0.15, 0.2) is 72.9 Å². The second-order valence-corrected chi connectivity index (χ2v) is 9.28. The van der Waals surface area contributed by atoms with E-state index in [1.54, 1.807) is 7.11 Å². The maximum Gasteiger partial charge on any atom is 0.231 e. The lowest BCUT2D eigenvalue weighted by Crippen LogP contribution is -2.29. The molecule has 4 heterocycles. The summed E-state index contributed by atoms with van der Waals surface area (Å²) in [6, 6.07) is 22.0. The van der Waals surface area contributed by atoms with Crippen molar-refractivity contribution in [1.29, 1.82) is 0 Å². The Balaban J connectivity index is 1.48. The van der Waals surface area contributed by atoms with Crippen molar-refractivity contribution in [2.75, 3.05) is 18.8 Å². The molecule has 4 aromatic rings. The number of thiocarbonyl (C=S) groups is 1. The van der Waals surface area contributed by atoms with Crippen LogP contribution in [0.1, 0.15) is 34.7 Å². The van der Waals surface area contributed by atoms with Crippen molar-refractivity contribution in [3.63, 3.8) is 0 Å². The zero-order chi connectivity index (χ0) is 24.8. The quantitative estimate of drug-likeness (QED) is 0.370. The van der Waals surface area contributed by atoms with Gasteiger partial charge in [0.15, 0.2) is 16.6 Å². The van der Waals surface area contributed by atoms with Gasteiger partial charge in [0.05, 0.1) is 24.9 Å². The molecule has 182 valence electrons. The summed E-state index contributed by atoms with van der Waals surface area (Å²) in [5.74, 6) is 2.33. The van der Waals surface area contributed by atoms with Crippen LogP contribution < -0.4 is 24.4 Å². The highest BCUT2D eigenvalue weighted by molar-refractivity contribution is 7.80. The number of nitrogens with zero attached hydrogens (tertiary/aromatic N) is 3. The number of anilines is 1. The molecule has 0 unspecified atom stereocenters. The highest BCUT2D eigenvalue weighted by atomic mass is 32.1. The van der Waals surface area contributed by atoms with Gasteiger partial charge in [-0.15, -0.1) is 0 Å². The minimum atomic E-state index is -0.119. The minimum absolute atomic E-state index is 0.102. The van der Waals surface area contributed by atoms with Crippen molar-refractivity contribution in [3.8, 4) is 22.9 Å². The first-order chi connectivity index (χ1) is 17.5. The van der Waals surface area contributed by atoms with Crippen molar-refractivity contribution in [1.82, 2.24) is 14.9 Å². The number of benzene rings is 2. The van der Waals surface area contributed by atoms with Gasteiger partial charge in [0.2, 0.25) is 6.79 Å². The van der Waals surface area contributed by atoms with Gasteiger partial charge >= 0.3 is 0 Å². The van der Waals surface area contributed by atoms with E-state index in [0.29, 0.717) is 5.11 Å². The van der Waals surface area contributed by atoms with Crippen molar-refractivity contribution in [2.45, 2.75) is 25.9 Å². The minimum Gasteiger partial charge on any atom is -0.497 e. The summed E-state index contributed by atoms with van der Waals surface area (Å²) in [5, 5.41) is 4.20. The molecule has 0 bridgehead atoms. The molecule has 0 radical (unpaired) electrons. The molecule has 2 aromatic heterocycles. The molecule has 8 heteroatoms. The van der Waals surface area contributed by atoms with Crippen LogP contribution in [0.4, 0.5) is 5.69 Å². The molecule has 2 aromatic carbocycles. The fourth-order valence-electron chi connectivity index (χ4n) is 5.20. The van der Waals surface area contributed by atoms with Crippen molar-refractivity contribution in [3.05, 3.63) is 95.6 Å². The molecule has 2 aliphatic heterocycles. The van der Waals surface area contributed by atoms with Crippen LogP contribution in [0.25, 0.3) is 5.69 Å². The Hall–Kier alpha value is -4.04. The monoisotopic (exact) mass is 498 g/mol. The Bertz CT molecular complexity index is 1440. The molecule has 2 atom stereocenters. The number of hydrogen-bond acceptors (Lipinski definition) is 5. The molecule has 1 fully saturated rings. The molecule has 2 aliphatic rings. The Morgan fingerprint density at radius 1 is 0.972 bits per heavy atom. The molecule has 0 spiro atoms. The van der Waals surface area contributed by atoms with Crippen molar-refractivity contribution < 1.29 is 14.2 Å². The lowest BCUT2D eigenvalue weighted by molar-refractivity contribution is 0.174. The third-order valence-corrected chi connectivity index (χ3v) is 7.17. The largest absolute Gasteiger partial charge is 0.497 e. The van der Waals surface area contributed by atoms with Crippen LogP contribution in [-0.4, -0.2) is 28.6 Å². The number of rotatable bonds is 5. The molecule has 0 aliphatic carbocycles. The summed E-state index contributed by atoms with van der Waals surface area (Å²) in [7, 11) is 1.67. The number of nitrogens with one attached hydrogen (secondary N) is 1. The number of hydrogen-bond donors (Lipinski definition) is 1. The summed E-state index contributed by atoms with van der Waals surface area (Å²) >= 11 is 5.89. The summed E-state index contributed by atoms with van der Waals surface area (Å²) < 4.78 is 18.8. The van der Waals surface area contributed by atoms with Crippen molar-refractivity contribution in [2.24, 2.45) is 0 Å². The Labute approximate surface area is 215 Å². The van der Waals surface area contributed by atoms with E-state index in [1.807, 2.05) is 60.8 Å². The van der Waals surface area contributed by atoms with Gasteiger partial charge in [-0.1, -0.05) is 6.07 Å². The predicted molar refractivity (Wildman–Crippen MR) is 142 cm³/mol. The third kappa shape index (κ3) is 3.65. The second-order valence-electron chi connectivity index (χ2n) is 8.89. The maximum absolute atomic E-state index is 5.89. The predicted octanol–water partition coefficient (Wildman–Crippen LogP) is 5.40. The van der Waals surface area contributed by atoms with E-state index in [4.69, 9.17) is 26.4 Å². The number of ether oxygens (including phenoxy) is 3. The summed E-state index contributed by atoms with van der Waals surface area (Å²) in [4.78, 5) is 6.86. The summed E-state index contributed by atoms with van der Waals surface area (Å²) in [6.07, 6.45) is 1.82. The molecular weight excluding hydrogens is 472 g/mol. The first-order valence-corrected chi connectivity index (χ1v) is 12.2. The first-order valence-electron chi connectivity index (χ1n) is 11.8. The SMILES string of the molecule is COc1ccc(N2C(=S)N[C@H](c3ccccn3)[C@H]2c2cc(C)n(-c3ccc4c(c3)OCO4)c2C)cc1. The van der Waals surface area contributed by atoms with E-state index in [-0.39, 0.29) is 18.9 Å². The number of pyridine rings is 1. The van der Waals surface area contributed by atoms with Gasteiger partial charge in [-0.3, -0.25) is 4.98 Å². The van der Waals surface area contributed by atoms with Gasteiger partial charge in [-0.05, 0) is 86.2 Å². The van der Waals surface area contributed by atoms with Gasteiger partial charge in [-0.25, -0.2) is 0 Å². The van der Waals surface area contributed by atoms with E-state index in [9.17, 15) is 0 Å². The zero-order valence-corrected chi connectivity index (χ0v) is 21.1. The Morgan fingerprint density at radius 3 is 2.50 bits per heavy atom. The smallest absolute Gasteiger partial charge is 0.231 e. The number of aryl methyl sites for hydroxylation is 1. The Kier molecular flexibility index (Phi) is 5.53. The molecule has 36 heavy (non-hydrogen) atoms. The van der Waals surface area contributed by atoms with Crippen LogP contribution in [-0.2, 0) is 0 Å². The number of fused-ring (bicyclic) bond motifs is 1. The summed E-state index contributed by atoms with van der Waals surface area (Å²) in [6.45, 7) is 4.52. The van der Waals surface area contributed by atoms with E-state index in [2.05, 4.69) is 45.7 Å². The van der Waals surface area contributed by atoms with E-state index >= 15 is 0 Å². The van der Waals surface area contributed by atoms with Crippen LogP contribution in [0.5, 0.6) is 17.2 Å². The Morgan fingerprint density at radius 2 is 1.75 bits per heavy atom. The van der Waals surface area contributed by atoms with Crippen LogP contribution >= 0.6 is 12.2 Å². The van der Waals surface area contributed by atoms with E-state index in [0.717, 1.165) is 45.7 Å². The normalized spacial score (nSPS) is 18.4. The van der Waals surface area contributed by atoms with Crippen molar-refractivity contribution >= 4 is 23.0 Å². The van der Waals surface area contributed by atoms with Crippen LogP contribution in [0.3, 0.4) is 0 Å². The molecular formula is C28H26N4O3S. The summed E-state index contributed by atoms with van der Waals surface area (Å²) in [5.41, 5.74) is 6.37. The topological polar surface area (TPSA) is 60.8 Å². The van der Waals surface area contributed by atoms with E-state index < -0.39 is 0 Å². The average molecular weight is 499 g/mol. The van der Waals surface area contributed by atoms with Crippen LogP contribution in [0, 0.1) is 13.8 Å². The molecule has 1 N–H and O–H groups in total. The fourth-order valence-corrected chi connectivity index (χ4v) is 5.55. The lowest BCUT2D eigenvalue weighted by atomic mass is 9.96. The van der Waals surface area contributed by atoms with E-state index in [1.165, 1.54) is 5.56 Å². The zero-order valence-electron chi connectivity index (χ0n) is 20.3. The van der Waals surface area contributed by atoms with Crippen LogP contribution in [0.2, 0.25) is 0 Å². The standard InChI is InChI=1S/C28H26N4O3S/c1-17-14-22(18(2)31(17)20-9-12-24-25(15-20)35-16-34-24)27-26(23-6-4-5-13-29-23)30-28(36)32(27)19-7-10-21(33-3)11-8-19/h4-15,26-27H,16H2,1-3H3,(H,30,36)/t26-,27-/m1/s1. The number of methoxy groups -OCH3 is 1. The lowest BCUT2D eigenvalue weighted by Gasteiger charge is -2.28. The maximum atomic E-state index is 5.89. The highest BCUT2D eigenvalue weighted by Crippen LogP contribution is 2.44.